The third kappa shape index (κ3) is 6.81. The maximum absolute atomic E-state index is 4.28. The number of hydrogen-bond donors (Lipinski definition) is 2. The normalized spacial score (nSPS) is 17.2. The predicted molar refractivity (Wildman–Crippen MR) is 83.7 cm³/mol. The molecular weight excluding hydrogens is 236 g/mol. The topological polar surface area (TPSA) is 39.7 Å². The van der Waals surface area contributed by atoms with E-state index in [4.69, 9.17) is 0 Å². The quantitative estimate of drug-likeness (QED) is 0.402. The molecule has 4 heteroatoms. The Morgan fingerprint density at radius 1 is 1.16 bits per heavy atom. The molecule has 1 rings (SSSR count). The molecule has 0 amide bonds. The largest absolute Gasteiger partial charge is 0.356 e. The van der Waals surface area contributed by atoms with E-state index < -0.39 is 0 Å². The zero-order valence-electron chi connectivity index (χ0n) is 13.0. The van der Waals surface area contributed by atoms with Gasteiger partial charge in [-0.2, -0.15) is 0 Å². The number of hydrogen-bond acceptors (Lipinski definition) is 2. The average molecular weight is 268 g/mol. The third-order valence-electron chi connectivity index (χ3n) is 4.08. The number of likely N-dealkylation sites (tertiary alicyclic amines) is 1. The predicted octanol–water partition coefficient (Wildman–Crippen LogP) is 2.07. The summed E-state index contributed by atoms with van der Waals surface area (Å²) < 4.78 is 0. The Morgan fingerprint density at radius 3 is 2.42 bits per heavy atom. The van der Waals surface area contributed by atoms with Crippen LogP contribution in [-0.4, -0.2) is 50.6 Å². The van der Waals surface area contributed by atoms with Gasteiger partial charge in [0.25, 0.3) is 0 Å². The molecule has 0 aromatic carbocycles. The molecule has 0 spiro atoms. The van der Waals surface area contributed by atoms with Gasteiger partial charge in [0.05, 0.1) is 0 Å². The molecule has 19 heavy (non-hydrogen) atoms. The van der Waals surface area contributed by atoms with Gasteiger partial charge in [0, 0.05) is 20.1 Å². The van der Waals surface area contributed by atoms with E-state index in [1.54, 1.807) is 0 Å². The Hall–Kier alpha value is -0.770. The monoisotopic (exact) mass is 268 g/mol. The molecular formula is C15H32N4. The summed E-state index contributed by atoms with van der Waals surface area (Å²) >= 11 is 0. The van der Waals surface area contributed by atoms with Crippen LogP contribution < -0.4 is 10.6 Å². The molecule has 1 saturated heterocycles. The van der Waals surface area contributed by atoms with Crippen molar-refractivity contribution in [1.29, 1.82) is 0 Å². The van der Waals surface area contributed by atoms with Gasteiger partial charge in [0.15, 0.2) is 5.96 Å². The fourth-order valence-corrected chi connectivity index (χ4v) is 2.55. The highest BCUT2D eigenvalue weighted by atomic mass is 15.2. The first-order valence-corrected chi connectivity index (χ1v) is 7.97. The second kappa shape index (κ2) is 10.1. The van der Waals surface area contributed by atoms with Crippen molar-refractivity contribution in [2.45, 2.75) is 46.0 Å². The number of nitrogens with one attached hydrogen (secondary N) is 2. The average Bonchev–Trinajstić information content (AvgIpc) is 2.95. The summed E-state index contributed by atoms with van der Waals surface area (Å²) in [7, 11) is 1.85. The lowest BCUT2D eigenvalue weighted by Gasteiger charge is -2.18. The first-order valence-electron chi connectivity index (χ1n) is 7.97. The Labute approximate surface area is 119 Å². The Morgan fingerprint density at radius 2 is 1.84 bits per heavy atom. The molecule has 1 aliphatic rings. The summed E-state index contributed by atoms with van der Waals surface area (Å²) in [5, 5.41) is 6.83. The highest BCUT2D eigenvalue weighted by molar-refractivity contribution is 5.79. The number of aliphatic imine (C=N–C) groups is 1. The summed E-state index contributed by atoms with van der Waals surface area (Å²) in [4.78, 5) is 6.84. The fourth-order valence-electron chi connectivity index (χ4n) is 2.55. The molecule has 112 valence electrons. The van der Waals surface area contributed by atoms with E-state index in [0.29, 0.717) is 0 Å². The van der Waals surface area contributed by atoms with Crippen LogP contribution in [0.2, 0.25) is 0 Å². The van der Waals surface area contributed by atoms with E-state index in [1.165, 1.54) is 51.7 Å². The van der Waals surface area contributed by atoms with Crippen LogP contribution in [0.1, 0.15) is 46.0 Å². The smallest absolute Gasteiger partial charge is 0.190 e. The van der Waals surface area contributed by atoms with Crippen molar-refractivity contribution in [2.24, 2.45) is 10.9 Å². The Kier molecular flexibility index (Phi) is 8.63. The number of guanidine groups is 1. The zero-order valence-corrected chi connectivity index (χ0v) is 13.0. The van der Waals surface area contributed by atoms with Crippen LogP contribution in [0, 0.1) is 5.92 Å². The highest BCUT2D eigenvalue weighted by Gasteiger charge is 2.10. The van der Waals surface area contributed by atoms with Gasteiger partial charge >= 0.3 is 0 Å². The number of rotatable bonds is 8. The molecule has 4 nitrogen and oxygen atoms in total. The van der Waals surface area contributed by atoms with Crippen molar-refractivity contribution < 1.29 is 0 Å². The Balaban J connectivity index is 2.07. The summed E-state index contributed by atoms with van der Waals surface area (Å²) in [6.45, 7) is 10.3. The second-order valence-corrected chi connectivity index (χ2v) is 5.46. The SMILES string of the molecule is CCC(CC)CNC(=NC)NCCCN1CCCC1. The first-order chi connectivity index (χ1) is 9.30. The van der Waals surface area contributed by atoms with Gasteiger partial charge < -0.3 is 15.5 Å². The minimum absolute atomic E-state index is 0.753. The molecule has 0 bridgehead atoms. The lowest BCUT2D eigenvalue weighted by molar-refractivity contribution is 0.334. The van der Waals surface area contributed by atoms with Gasteiger partial charge in [0.2, 0.25) is 0 Å². The van der Waals surface area contributed by atoms with Gasteiger partial charge in [0.1, 0.15) is 0 Å². The van der Waals surface area contributed by atoms with Crippen LogP contribution in [0.4, 0.5) is 0 Å². The standard InChI is InChI=1S/C15H32N4/c1-4-14(5-2)13-18-15(16-3)17-9-8-12-19-10-6-7-11-19/h14H,4-13H2,1-3H3,(H2,16,17,18). The van der Waals surface area contributed by atoms with Gasteiger partial charge in [-0.05, 0) is 44.8 Å². The summed E-state index contributed by atoms with van der Waals surface area (Å²) in [5.74, 6) is 1.71. The molecule has 0 radical (unpaired) electrons. The minimum atomic E-state index is 0.753. The van der Waals surface area contributed by atoms with E-state index >= 15 is 0 Å². The van der Waals surface area contributed by atoms with E-state index in [-0.39, 0.29) is 0 Å². The van der Waals surface area contributed by atoms with Crippen LogP contribution in [0.5, 0.6) is 0 Å². The maximum atomic E-state index is 4.28. The van der Waals surface area contributed by atoms with Crippen LogP contribution in [-0.2, 0) is 0 Å². The van der Waals surface area contributed by atoms with Crippen molar-refractivity contribution in [2.75, 3.05) is 39.8 Å². The summed E-state index contributed by atoms with van der Waals surface area (Å²) in [6.07, 6.45) is 6.43. The van der Waals surface area contributed by atoms with Crippen molar-refractivity contribution in [3.63, 3.8) is 0 Å². The Bertz CT molecular complexity index is 243. The maximum Gasteiger partial charge on any atom is 0.190 e. The van der Waals surface area contributed by atoms with E-state index in [1.807, 2.05) is 7.05 Å². The highest BCUT2D eigenvalue weighted by Crippen LogP contribution is 2.07. The lowest BCUT2D eigenvalue weighted by atomic mass is 10.0. The lowest BCUT2D eigenvalue weighted by Crippen LogP contribution is -2.40. The van der Waals surface area contributed by atoms with Crippen LogP contribution in [0.15, 0.2) is 4.99 Å². The molecule has 1 fully saturated rings. The van der Waals surface area contributed by atoms with Gasteiger partial charge in [-0.15, -0.1) is 0 Å². The van der Waals surface area contributed by atoms with Crippen molar-refractivity contribution in [3.8, 4) is 0 Å². The van der Waals surface area contributed by atoms with Crippen LogP contribution in [0.3, 0.4) is 0 Å². The van der Waals surface area contributed by atoms with Gasteiger partial charge in [-0.3, -0.25) is 4.99 Å². The van der Waals surface area contributed by atoms with Crippen molar-refractivity contribution in [3.05, 3.63) is 0 Å². The molecule has 0 aromatic rings. The van der Waals surface area contributed by atoms with Gasteiger partial charge in [-0.1, -0.05) is 26.7 Å². The molecule has 2 N–H and O–H groups in total. The minimum Gasteiger partial charge on any atom is -0.356 e. The molecule has 0 aromatic heterocycles. The summed E-state index contributed by atoms with van der Waals surface area (Å²) in [5.41, 5.74) is 0. The van der Waals surface area contributed by atoms with Crippen LogP contribution in [0.25, 0.3) is 0 Å². The van der Waals surface area contributed by atoms with Gasteiger partial charge in [-0.25, -0.2) is 0 Å². The number of nitrogens with zero attached hydrogens (tertiary/aromatic N) is 2. The summed E-state index contributed by atoms with van der Waals surface area (Å²) in [6, 6.07) is 0. The fraction of sp³-hybridized carbons (Fsp3) is 0.933. The third-order valence-corrected chi connectivity index (χ3v) is 4.08. The molecule has 0 aliphatic carbocycles. The van der Waals surface area contributed by atoms with E-state index in [0.717, 1.165) is 25.0 Å². The van der Waals surface area contributed by atoms with Crippen molar-refractivity contribution in [1.82, 2.24) is 15.5 Å². The first kappa shape index (κ1) is 16.3. The van der Waals surface area contributed by atoms with Crippen molar-refractivity contribution >= 4 is 5.96 Å². The molecule has 0 unspecified atom stereocenters. The molecule has 1 heterocycles. The van der Waals surface area contributed by atoms with E-state index in [2.05, 4.69) is 34.4 Å². The zero-order chi connectivity index (χ0) is 13.9. The molecule has 1 aliphatic heterocycles. The van der Waals surface area contributed by atoms with Crippen LogP contribution >= 0.6 is 0 Å². The molecule has 0 atom stereocenters. The second-order valence-electron chi connectivity index (χ2n) is 5.46. The molecule has 0 saturated carbocycles. The van der Waals surface area contributed by atoms with E-state index in [9.17, 15) is 0 Å².